The number of ether oxygens (including phenoxy) is 1. The van der Waals surface area contributed by atoms with E-state index in [9.17, 15) is 9.59 Å². The van der Waals surface area contributed by atoms with Crippen LogP contribution in [0.4, 0.5) is 11.4 Å². The van der Waals surface area contributed by atoms with Crippen LogP contribution in [-0.2, 0) is 11.2 Å². The Morgan fingerprint density at radius 2 is 2.00 bits per heavy atom. The van der Waals surface area contributed by atoms with E-state index < -0.39 is 0 Å². The van der Waals surface area contributed by atoms with Crippen LogP contribution in [-0.4, -0.2) is 31.0 Å². The number of aromatic amines is 1. The average molecular weight is 349 g/mol. The number of hydrogen-bond donors (Lipinski definition) is 2. The van der Waals surface area contributed by atoms with Crippen molar-refractivity contribution in [2.75, 3.05) is 24.4 Å². The van der Waals surface area contributed by atoms with Crippen molar-refractivity contribution in [2.24, 2.45) is 0 Å². The summed E-state index contributed by atoms with van der Waals surface area (Å²) in [5, 5.41) is 3.86. The van der Waals surface area contributed by atoms with Gasteiger partial charge in [0.2, 0.25) is 5.91 Å². The van der Waals surface area contributed by atoms with E-state index >= 15 is 0 Å². The largest absolute Gasteiger partial charge is 0.497 e. The maximum atomic E-state index is 12.6. The van der Waals surface area contributed by atoms with Crippen LogP contribution in [0, 0.1) is 0 Å². The molecule has 0 radical (unpaired) electrons. The summed E-state index contributed by atoms with van der Waals surface area (Å²) in [4.78, 5) is 29.1. The molecule has 1 aromatic heterocycles. The van der Waals surface area contributed by atoms with Gasteiger partial charge < -0.3 is 19.9 Å². The van der Waals surface area contributed by atoms with Gasteiger partial charge in [-0.15, -0.1) is 0 Å². The van der Waals surface area contributed by atoms with E-state index in [4.69, 9.17) is 4.74 Å². The fraction of sp³-hybridized carbons (Fsp3) is 0.200. The van der Waals surface area contributed by atoms with E-state index in [0.717, 1.165) is 27.9 Å². The summed E-state index contributed by atoms with van der Waals surface area (Å²) in [5.41, 5.74) is 4.01. The molecule has 26 heavy (non-hydrogen) atoms. The number of nitrogens with one attached hydrogen (secondary N) is 2. The van der Waals surface area contributed by atoms with E-state index in [0.29, 0.717) is 24.2 Å². The third-order valence-electron chi connectivity index (χ3n) is 4.76. The molecular weight excluding hydrogens is 330 g/mol. The van der Waals surface area contributed by atoms with Gasteiger partial charge in [0.15, 0.2) is 0 Å². The molecule has 0 saturated heterocycles. The number of carbonyl (C=O) groups excluding carboxylic acids is 2. The van der Waals surface area contributed by atoms with Crippen LogP contribution in [0.2, 0.25) is 0 Å². The van der Waals surface area contributed by atoms with Gasteiger partial charge in [-0.1, -0.05) is 0 Å². The van der Waals surface area contributed by atoms with Gasteiger partial charge in [-0.2, -0.15) is 0 Å². The second-order valence-electron chi connectivity index (χ2n) is 6.39. The summed E-state index contributed by atoms with van der Waals surface area (Å²) >= 11 is 0. The van der Waals surface area contributed by atoms with Crippen LogP contribution in [0.1, 0.15) is 22.5 Å². The third-order valence-corrected chi connectivity index (χ3v) is 4.76. The van der Waals surface area contributed by atoms with Gasteiger partial charge in [0, 0.05) is 41.8 Å². The lowest BCUT2D eigenvalue weighted by molar-refractivity contribution is -0.118. The van der Waals surface area contributed by atoms with Gasteiger partial charge >= 0.3 is 0 Å². The smallest absolute Gasteiger partial charge is 0.272 e. The second kappa shape index (κ2) is 6.22. The molecule has 6 heteroatoms. The lowest BCUT2D eigenvalue weighted by Crippen LogP contribution is -2.31. The molecule has 0 bridgehead atoms. The minimum Gasteiger partial charge on any atom is -0.497 e. The van der Waals surface area contributed by atoms with Crippen LogP contribution in [0.5, 0.6) is 5.75 Å². The van der Waals surface area contributed by atoms with Gasteiger partial charge in [-0.3, -0.25) is 9.59 Å². The monoisotopic (exact) mass is 349 g/mol. The zero-order valence-electron chi connectivity index (χ0n) is 14.6. The van der Waals surface area contributed by atoms with Crippen LogP contribution in [0.15, 0.2) is 42.5 Å². The first-order valence-electron chi connectivity index (χ1n) is 8.43. The fourth-order valence-electron chi connectivity index (χ4n) is 3.29. The molecule has 0 atom stereocenters. The molecule has 2 N–H and O–H groups in total. The Bertz CT molecular complexity index is 1020. The van der Waals surface area contributed by atoms with Crippen molar-refractivity contribution in [2.45, 2.75) is 12.8 Å². The molecule has 0 fully saturated rings. The zero-order valence-corrected chi connectivity index (χ0v) is 14.6. The van der Waals surface area contributed by atoms with Crippen molar-refractivity contribution in [1.29, 1.82) is 0 Å². The Labute approximate surface area is 150 Å². The minimum absolute atomic E-state index is 0.114. The van der Waals surface area contributed by atoms with Gasteiger partial charge in [-0.05, 0) is 48.4 Å². The fourth-order valence-corrected chi connectivity index (χ4v) is 3.29. The molecule has 0 aliphatic carbocycles. The number of benzene rings is 2. The van der Waals surface area contributed by atoms with E-state index in [1.54, 1.807) is 19.1 Å². The normalized spacial score (nSPS) is 13.6. The molecule has 0 unspecified atom stereocenters. The van der Waals surface area contributed by atoms with Gasteiger partial charge in [0.25, 0.3) is 5.91 Å². The first kappa shape index (κ1) is 16.2. The second-order valence-corrected chi connectivity index (χ2v) is 6.39. The highest BCUT2D eigenvalue weighted by Crippen LogP contribution is 2.29. The number of methoxy groups -OCH3 is 1. The van der Waals surface area contributed by atoms with Crippen LogP contribution < -0.4 is 15.0 Å². The maximum absolute atomic E-state index is 12.6. The molecular formula is C20H19N3O3. The Kier molecular flexibility index (Phi) is 3.88. The summed E-state index contributed by atoms with van der Waals surface area (Å²) < 4.78 is 5.21. The van der Waals surface area contributed by atoms with Crippen molar-refractivity contribution >= 4 is 34.1 Å². The van der Waals surface area contributed by atoms with Crippen molar-refractivity contribution in [1.82, 2.24) is 4.98 Å². The molecule has 2 heterocycles. The Hall–Kier alpha value is -3.28. The van der Waals surface area contributed by atoms with E-state index in [2.05, 4.69) is 10.3 Å². The molecule has 6 nitrogen and oxygen atoms in total. The molecule has 132 valence electrons. The first-order valence-corrected chi connectivity index (χ1v) is 8.43. The van der Waals surface area contributed by atoms with Crippen molar-refractivity contribution in [3.8, 4) is 5.75 Å². The van der Waals surface area contributed by atoms with Crippen LogP contribution in [0.25, 0.3) is 10.9 Å². The standard InChI is InChI=1S/C20H19N3O3/c1-23-18-7-5-14(9-13(18)4-8-19(23)24)21-20(25)17-10-12-3-6-15(26-2)11-16(12)22-17/h3,5-7,9-11,22H,4,8H2,1-2H3,(H,21,25). The number of aromatic nitrogens is 1. The molecule has 1 aliphatic rings. The highest BCUT2D eigenvalue weighted by atomic mass is 16.5. The SMILES string of the molecule is COc1ccc2cc(C(=O)Nc3ccc4c(c3)CCC(=O)N4C)[nH]c2c1. The summed E-state index contributed by atoms with van der Waals surface area (Å²) in [6.45, 7) is 0. The molecule has 2 amide bonds. The summed E-state index contributed by atoms with van der Waals surface area (Å²) in [5.74, 6) is 0.641. The number of nitrogens with zero attached hydrogens (tertiary/aromatic N) is 1. The van der Waals surface area contributed by atoms with E-state index in [1.165, 1.54) is 0 Å². The van der Waals surface area contributed by atoms with Crippen LogP contribution in [0.3, 0.4) is 0 Å². The predicted octanol–water partition coefficient (Wildman–Crippen LogP) is 3.34. The topological polar surface area (TPSA) is 74.4 Å². The maximum Gasteiger partial charge on any atom is 0.272 e. The van der Waals surface area contributed by atoms with Gasteiger partial charge in [0.05, 0.1) is 7.11 Å². The average Bonchev–Trinajstić information content (AvgIpc) is 3.08. The lowest BCUT2D eigenvalue weighted by Gasteiger charge is -2.26. The highest BCUT2D eigenvalue weighted by Gasteiger charge is 2.21. The lowest BCUT2D eigenvalue weighted by atomic mass is 10.0. The number of carbonyl (C=O) groups is 2. The van der Waals surface area contributed by atoms with Gasteiger partial charge in [-0.25, -0.2) is 0 Å². The Morgan fingerprint density at radius 3 is 2.81 bits per heavy atom. The zero-order chi connectivity index (χ0) is 18.3. The van der Waals surface area contributed by atoms with Gasteiger partial charge in [0.1, 0.15) is 11.4 Å². The number of rotatable bonds is 3. The molecule has 1 aliphatic heterocycles. The summed E-state index contributed by atoms with van der Waals surface area (Å²) in [6, 6.07) is 13.1. The molecule has 0 spiro atoms. The van der Waals surface area contributed by atoms with Crippen molar-refractivity contribution in [3.63, 3.8) is 0 Å². The number of fused-ring (bicyclic) bond motifs is 2. The van der Waals surface area contributed by atoms with Crippen molar-refractivity contribution < 1.29 is 14.3 Å². The van der Waals surface area contributed by atoms with E-state index in [-0.39, 0.29) is 11.8 Å². The Morgan fingerprint density at radius 1 is 1.15 bits per heavy atom. The molecule has 4 rings (SSSR count). The van der Waals surface area contributed by atoms with E-state index in [1.807, 2.05) is 42.5 Å². The number of amides is 2. The Balaban J connectivity index is 1.57. The molecule has 2 aromatic carbocycles. The van der Waals surface area contributed by atoms with Crippen molar-refractivity contribution in [3.05, 3.63) is 53.7 Å². The highest BCUT2D eigenvalue weighted by molar-refractivity contribution is 6.06. The van der Waals surface area contributed by atoms with Crippen LogP contribution >= 0.6 is 0 Å². The number of hydrogen-bond acceptors (Lipinski definition) is 3. The third kappa shape index (κ3) is 2.79. The molecule has 3 aromatic rings. The summed E-state index contributed by atoms with van der Waals surface area (Å²) in [7, 11) is 3.39. The quantitative estimate of drug-likeness (QED) is 0.762. The summed E-state index contributed by atoms with van der Waals surface area (Å²) in [6.07, 6.45) is 1.18. The predicted molar refractivity (Wildman–Crippen MR) is 101 cm³/mol. The number of anilines is 2. The minimum atomic E-state index is -0.208. The number of aryl methyl sites for hydroxylation is 1. The number of H-pyrrole nitrogens is 1. The molecule has 0 saturated carbocycles. The first-order chi connectivity index (χ1) is 12.5.